The Morgan fingerprint density at radius 1 is 0.867 bits per heavy atom. The van der Waals surface area contributed by atoms with Gasteiger partial charge in [0.2, 0.25) is 0 Å². The molecule has 0 spiro atoms. The van der Waals surface area contributed by atoms with Crippen molar-refractivity contribution in [3.63, 3.8) is 0 Å². The topological polar surface area (TPSA) is 60.5 Å². The number of nitrogens with zero attached hydrogens (tertiary/aromatic N) is 1. The highest BCUT2D eigenvalue weighted by Gasteiger charge is 2.06. The van der Waals surface area contributed by atoms with Gasteiger partial charge in [0.25, 0.3) is 5.91 Å². The Morgan fingerprint density at radius 2 is 1.57 bits per heavy atom. The molecule has 0 aliphatic carbocycles. The highest BCUT2D eigenvalue weighted by atomic mass is 32.1. The van der Waals surface area contributed by atoms with Gasteiger partial charge in [-0.15, -0.1) is 11.3 Å². The summed E-state index contributed by atoms with van der Waals surface area (Å²) in [6.07, 6.45) is 0.707. The second-order valence-electron chi connectivity index (χ2n) is 6.71. The Bertz CT molecular complexity index is 1060. The van der Waals surface area contributed by atoms with Gasteiger partial charge >= 0.3 is 0 Å². The minimum absolute atomic E-state index is 0.0237. The third-order valence-electron chi connectivity index (χ3n) is 4.44. The van der Waals surface area contributed by atoms with E-state index >= 15 is 0 Å². The molecule has 1 aromatic heterocycles. The van der Waals surface area contributed by atoms with Crippen molar-refractivity contribution in [1.82, 2.24) is 10.3 Å². The minimum Gasteiger partial charge on any atom is -0.489 e. The molecule has 4 rings (SSSR count). The summed E-state index contributed by atoms with van der Waals surface area (Å²) >= 11 is 1.66. The first-order chi connectivity index (χ1) is 14.8. The molecule has 1 heterocycles. The van der Waals surface area contributed by atoms with Gasteiger partial charge in [0.05, 0.1) is 15.2 Å². The van der Waals surface area contributed by atoms with Crippen LogP contribution in [0, 0.1) is 0 Å². The second kappa shape index (κ2) is 9.89. The number of nitrogens with one attached hydrogen (secondary N) is 1. The van der Waals surface area contributed by atoms with Gasteiger partial charge in [0.15, 0.2) is 6.61 Å². The maximum atomic E-state index is 12.0. The molecule has 1 N–H and O–H groups in total. The summed E-state index contributed by atoms with van der Waals surface area (Å²) in [5, 5.41) is 3.89. The molecule has 0 aliphatic rings. The fourth-order valence-corrected chi connectivity index (χ4v) is 3.88. The largest absolute Gasteiger partial charge is 0.489 e. The number of para-hydroxylation sites is 1. The summed E-state index contributed by atoms with van der Waals surface area (Å²) in [6.45, 7) is 1.02. The lowest BCUT2D eigenvalue weighted by Gasteiger charge is -2.09. The lowest BCUT2D eigenvalue weighted by molar-refractivity contribution is -0.123. The van der Waals surface area contributed by atoms with Crippen LogP contribution in [0.15, 0.2) is 78.9 Å². The van der Waals surface area contributed by atoms with Crippen molar-refractivity contribution < 1.29 is 14.3 Å². The van der Waals surface area contributed by atoms with Gasteiger partial charge in [-0.3, -0.25) is 4.79 Å². The maximum Gasteiger partial charge on any atom is 0.257 e. The van der Waals surface area contributed by atoms with Crippen molar-refractivity contribution >= 4 is 27.5 Å². The number of thiazole rings is 1. The summed E-state index contributed by atoms with van der Waals surface area (Å²) in [6, 6.07) is 25.3. The first kappa shape index (κ1) is 19.9. The summed E-state index contributed by atoms with van der Waals surface area (Å²) < 4.78 is 12.5. The molecular formula is C24H22N2O3S. The Hall–Kier alpha value is -3.38. The van der Waals surface area contributed by atoms with E-state index in [1.165, 1.54) is 4.70 Å². The average molecular weight is 419 g/mol. The number of benzene rings is 3. The molecule has 0 fully saturated rings. The molecule has 0 aliphatic heterocycles. The van der Waals surface area contributed by atoms with E-state index in [0.29, 0.717) is 25.3 Å². The van der Waals surface area contributed by atoms with Crippen LogP contribution in [0.2, 0.25) is 0 Å². The zero-order valence-electron chi connectivity index (χ0n) is 16.4. The minimum atomic E-state index is -0.152. The first-order valence-electron chi connectivity index (χ1n) is 9.77. The Morgan fingerprint density at radius 3 is 2.33 bits per heavy atom. The number of aromatic nitrogens is 1. The van der Waals surface area contributed by atoms with Crippen LogP contribution in [0.3, 0.4) is 0 Å². The Balaban J connectivity index is 1.17. The van der Waals surface area contributed by atoms with E-state index in [9.17, 15) is 4.79 Å². The summed E-state index contributed by atoms with van der Waals surface area (Å²) in [5.41, 5.74) is 2.11. The number of fused-ring (bicyclic) bond motifs is 1. The van der Waals surface area contributed by atoms with Crippen molar-refractivity contribution in [2.24, 2.45) is 0 Å². The molecule has 4 aromatic rings. The van der Waals surface area contributed by atoms with Crippen LogP contribution in [0.4, 0.5) is 0 Å². The third-order valence-corrected chi connectivity index (χ3v) is 5.54. The normalized spacial score (nSPS) is 10.7. The van der Waals surface area contributed by atoms with E-state index in [1.54, 1.807) is 23.5 Å². The van der Waals surface area contributed by atoms with Crippen molar-refractivity contribution in [3.8, 4) is 11.5 Å². The van der Waals surface area contributed by atoms with Crippen molar-refractivity contribution in [2.75, 3.05) is 13.2 Å². The monoisotopic (exact) mass is 418 g/mol. The highest BCUT2D eigenvalue weighted by molar-refractivity contribution is 7.18. The van der Waals surface area contributed by atoms with Gasteiger partial charge in [-0.25, -0.2) is 4.98 Å². The van der Waals surface area contributed by atoms with Gasteiger partial charge in [-0.2, -0.15) is 0 Å². The van der Waals surface area contributed by atoms with Crippen molar-refractivity contribution in [1.29, 1.82) is 0 Å². The summed E-state index contributed by atoms with van der Waals surface area (Å²) in [4.78, 5) is 16.6. The van der Waals surface area contributed by atoms with Crippen LogP contribution in [0.25, 0.3) is 10.2 Å². The standard InChI is InChI=1S/C24H22N2O3S/c27-23(25-15-14-24-26-21-8-4-5-9-22(21)30-24)17-29-20-12-10-19(11-13-20)28-16-18-6-2-1-3-7-18/h1-13H,14-17H2,(H,25,27). The highest BCUT2D eigenvalue weighted by Crippen LogP contribution is 2.21. The Labute approximate surface area is 179 Å². The summed E-state index contributed by atoms with van der Waals surface area (Å²) in [7, 11) is 0. The Kier molecular flexibility index (Phi) is 6.57. The van der Waals surface area contributed by atoms with Gasteiger partial charge < -0.3 is 14.8 Å². The molecule has 1 amide bonds. The second-order valence-corrected chi connectivity index (χ2v) is 7.82. The molecule has 0 bridgehead atoms. The van der Waals surface area contributed by atoms with Gasteiger partial charge in [-0.05, 0) is 42.0 Å². The number of hydrogen-bond donors (Lipinski definition) is 1. The van der Waals surface area contributed by atoms with Gasteiger partial charge in [0, 0.05) is 13.0 Å². The van der Waals surface area contributed by atoms with E-state index in [0.717, 1.165) is 21.8 Å². The molecule has 0 saturated heterocycles. The van der Waals surface area contributed by atoms with Crippen LogP contribution in [0.1, 0.15) is 10.6 Å². The van der Waals surface area contributed by atoms with E-state index in [1.807, 2.05) is 60.7 Å². The smallest absolute Gasteiger partial charge is 0.257 e. The van der Waals surface area contributed by atoms with Gasteiger partial charge in [-0.1, -0.05) is 42.5 Å². The molecule has 0 atom stereocenters. The van der Waals surface area contributed by atoms with E-state index in [4.69, 9.17) is 9.47 Å². The quantitative estimate of drug-likeness (QED) is 0.431. The third kappa shape index (κ3) is 5.58. The number of amides is 1. The van der Waals surface area contributed by atoms with E-state index in [2.05, 4.69) is 16.4 Å². The average Bonchev–Trinajstić information content (AvgIpc) is 3.20. The lowest BCUT2D eigenvalue weighted by atomic mass is 10.2. The fourth-order valence-electron chi connectivity index (χ4n) is 2.91. The number of ether oxygens (including phenoxy) is 2. The molecule has 0 radical (unpaired) electrons. The number of carbonyl (C=O) groups is 1. The fraction of sp³-hybridized carbons (Fsp3) is 0.167. The zero-order valence-corrected chi connectivity index (χ0v) is 17.2. The molecular weight excluding hydrogens is 396 g/mol. The maximum absolute atomic E-state index is 12.0. The van der Waals surface area contributed by atoms with Crippen LogP contribution < -0.4 is 14.8 Å². The molecule has 3 aromatic carbocycles. The predicted octanol–water partition coefficient (Wildman–Crippen LogP) is 4.61. The number of rotatable bonds is 9. The molecule has 0 unspecified atom stereocenters. The zero-order chi connectivity index (χ0) is 20.6. The number of carbonyl (C=O) groups excluding carboxylic acids is 1. The van der Waals surface area contributed by atoms with Crippen LogP contribution in [-0.2, 0) is 17.8 Å². The predicted molar refractivity (Wildman–Crippen MR) is 119 cm³/mol. The van der Waals surface area contributed by atoms with Crippen molar-refractivity contribution in [2.45, 2.75) is 13.0 Å². The molecule has 152 valence electrons. The van der Waals surface area contributed by atoms with Gasteiger partial charge in [0.1, 0.15) is 18.1 Å². The van der Waals surface area contributed by atoms with Crippen LogP contribution in [-0.4, -0.2) is 24.0 Å². The van der Waals surface area contributed by atoms with Crippen LogP contribution >= 0.6 is 11.3 Å². The first-order valence-corrected chi connectivity index (χ1v) is 10.6. The summed E-state index contributed by atoms with van der Waals surface area (Å²) in [5.74, 6) is 1.23. The molecule has 6 heteroatoms. The van der Waals surface area contributed by atoms with E-state index < -0.39 is 0 Å². The molecule has 0 saturated carbocycles. The number of hydrogen-bond acceptors (Lipinski definition) is 5. The SMILES string of the molecule is O=C(COc1ccc(OCc2ccccc2)cc1)NCCc1nc2ccccc2s1. The molecule has 30 heavy (non-hydrogen) atoms. The lowest BCUT2D eigenvalue weighted by Crippen LogP contribution is -2.30. The van der Waals surface area contributed by atoms with Crippen LogP contribution in [0.5, 0.6) is 11.5 Å². The van der Waals surface area contributed by atoms with Crippen molar-refractivity contribution in [3.05, 3.63) is 89.4 Å². The van der Waals surface area contributed by atoms with E-state index in [-0.39, 0.29) is 12.5 Å². The molecule has 5 nitrogen and oxygen atoms in total.